The van der Waals surface area contributed by atoms with E-state index < -0.39 is 17.9 Å². The van der Waals surface area contributed by atoms with Crippen LogP contribution in [0.25, 0.3) is 0 Å². The van der Waals surface area contributed by atoms with Gasteiger partial charge in [-0.2, -0.15) is 0 Å². The third-order valence-electron chi connectivity index (χ3n) is 4.06. The molecule has 1 saturated heterocycles. The van der Waals surface area contributed by atoms with Gasteiger partial charge in [-0.15, -0.1) is 0 Å². The molecule has 1 aliphatic heterocycles. The van der Waals surface area contributed by atoms with Gasteiger partial charge in [0.05, 0.1) is 25.9 Å². The number of carbonyl (C=O) groups excluding carboxylic acids is 3. The highest BCUT2D eigenvalue weighted by Gasteiger charge is 2.43. The summed E-state index contributed by atoms with van der Waals surface area (Å²) in [4.78, 5) is 34.0. The second kappa shape index (κ2) is 8.63. The van der Waals surface area contributed by atoms with E-state index in [1.807, 2.05) is 0 Å². The summed E-state index contributed by atoms with van der Waals surface area (Å²) in [5.41, 5.74) is 0.371. The zero-order chi connectivity index (χ0) is 17.5. The quantitative estimate of drug-likeness (QED) is 0.299. The third kappa shape index (κ3) is 5.81. The van der Waals surface area contributed by atoms with Crippen molar-refractivity contribution in [3.8, 4) is 0 Å². The van der Waals surface area contributed by atoms with E-state index >= 15 is 0 Å². The lowest BCUT2D eigenvalue weighted by Crippen LogP contribution is -2.20. The van der Waals surface area contributed by atoms with Crippen LogP contribution < -0.4 is 0 Å². The summed E-state index contributed by atoms with van der Waals surface area (Å²) < 4.78 is 19.9. The van der Waals surface area contributed by atoms with E-state index in [9.17, 15) is 14.4 Å². The molecule has 0 N–H and O–H groups in total. The maximum atomic E-state index is 11.9. The molecule has 2 aliphatic rings. The standard InChI is InChI=1S/C17H22O7/c1-11(7-8-22-16(19)6-5-15(18)21-2)17(20)23-10-12-3-4-13-14(9-12)24-13/h5-7,12-14H,3-4,8-10H2,1-2H3/b6-5-,11-7+. The number of epoxide rings is 1. The lowest BCUT2D eigenvalue weighted by atomic mass is 9.90. The van der Waals surface area contributed by atoms with Gasteiger partial charge in [-0.3, -0.25) is 0 Å². The van der Waals surface area contributed by atoms with Crippen molar-refractivity contribution in [1.29, 1.82) is 0 Å². The molecule has 0 aromatic heterocycles. The van der Waals surface area contributed by atoms with Crippen molar-refractivity contribution >= 4 is 17.9 Å². The maximum absolute atomic E-state index is 11.9. The van der Waals surface area contributed by atoms with Crippen LogP contribution >= 0.6 is 0 Å². The Bertz CT molecular complexity index is 549. The van der Waals surface area contributed by atoms with Crippen molar-refractivity contribution in [3.63, 3.8) is 0 Å². The monoisotopic (exact) mass is 338 g/mol. The molecule has 7 heteroatoms. The minimum Gasteiger partial charge on any atom is -0.466 e. The molecule has 1 saturated carbocycles. The summed E-state index contributed by atoms with van der Waals surface area (Å²) in [6.07, 6.45) is 7.18. The molecule has 7 nitrogen and oxygen atoms in total. The number of rotatable bonds is 7. The molecule has 0 aromatic carbocycles. The third-order valence-corrected chi connectivity index (χ3v) is 4.06. The Kier molecular flexibility index (Phi) is 6.54. The normalized spacial score (nSPS) is 25.8. The SMILES string of the molecule is COC(=O)/C=C\C(=O)OC/C=C(\C)C(=O)OCC1CCC2OC2C1. The lowest BCUT2D eigenvalue weighted by Gasteiger charge is -2.18. The van der Waals surface area contributed by atoms with Crippen molar-refractivity contribution in [1.82, 2.24) is 0 Å². The molecular weight excluding hydrogens is 316 g/mol. The van der Waals surface area contributed by atoms with Crippen molar-refractivity contribution in [2.24, 2.45) is 5.92 Å². The van der Waals surface area contributed by atoms with Gasteiger partial charge in [0.2, 0.25) is 0 Å². The van der Waals surface area contributed by atoms with Gasteiger partial charge in [0.15, 0.2) is 0 Å². The van der Waals surface area contributed by atoms with Crippen LogP contribution in [0.5, 0.6) is 0 Å². The van der Waals surface area contributed by atoms with E-state index in [4.69, 9.17) is 14.2 Å². The van der Waals surface area contributed by atoms with E-state index in [0.29, 0.717) is 30.3 Å². The summed E-state index contributed by atoms with van der Waals surface area (Å²) in [7, 11) is 1.21. The Morgan fingerprint density at radius 1 is 1.08 bits per heavy atom. The molecule has 3 unspecified atom stereocenters. The molecule has 0 bridgehead atoms. The van der Waals surface area contributed by atoms with Crippen molar-refractivity contribution in [2.45, 2.75) is 38.4 Å². The van der Waals surface area contributed by atoms with Crippen LogP contribution in [-0.4, -0.2) is 50.4 Å². The van der Waals surface area contributed by atoms with Crippen molar-refractivity contribution < 1.29 is 33.3 Å². The smallest absolute Gasteiger partial charge is 0.333 e. The first-order valence-electron chi connectivity index (χ1n) is 7.91. The topological polar surface area (TPSA) is 91.4 Å². The number of hydrogen-bond acceptors (Lipinski definition) is 7. The average molecular weight is 338 g/mol. The molecular formula is C17H22O7. The number of hydrogen-bond donors (Lipinski definition) is 0. The molecule has 1 heterocycles. The first kappa shape index (κ1) is 18.2. The maximum Gasteiger partial charge on any atom is 0.333 e. The van der Waals surface area contributed by atoms with Crippen molar-refractivity contribution in [3.05, 3.63) is 23.8 Å². The average Bonchev–Trinajstić information content (AvgIpc) is 3.35. The molecule has 2 rings (SSSR count). The Hall–Kier alpha value is -2.15. The minimum absolute atomic E-state index is 0.0771. The fourth-order valence-corrected chi connectivity index (χ4v) is 2.53. The highest BCUT2D eigenvalue weighted by atomic mass is 16.6. The van der Waals surface area contributed by atoms with E-state index in [1.54, 1.807) is 6.92 Å². The molecule has 0 amide bonds. The fourth-order valence-electron chi connectivity index (χ4n) is 2.53. The molecule has 2 fully saturated rings. The molecule has 1 aliphatic carbocycles. The number of carbonyl (C=O) groups is 3. The Labute approximate surface area is 140 Å². The molecule has 132 valence electrons. The number of fused-ring (bicyclic) bond motifs is 1. The van der Waals surface area contributed by atoms with Gasteiger partial charge in [0, 0.05) is 17.7 Å². The fraction of sp³-hybridized carbons (Fsp3) is 0.588. The van der Waals surface area contributed by atoms with Crippen LogP contribution in [0.1, 0.15) is 26.2 Å². The summed E-state index contributed by atoms with van der Waals surface area (Å²) in [5.74, 6) is -1.41. The number of methoxy groups -OCH3 is 1. The number of ether oxygens (including phenoxy) is 4. The summed E-state index contributed by atoms with van der Waals surface area (Å²) in [6, 6.07) is 0. The van der Waals surface area contributed by atoms with E-state index in [1.165, 1.54) is 13.2 Å². The van der Waals surface area contributed by atoms with E-state index in [2.05, 4.69) is 4.74 Å². The molecule has 3 atom stereocenters. The van der Waals surface area contributed by atoms with Crippen molar-refractivity contribution in [2.75, 3.05) is 20.3 Å². The zero-order valence-corrected chi connectivity index (χ0v) is 13.9. The van der Waals surface area contributed by atoms with Crippen LogP contribution in [0.4, 0.5) is 0 Å². The Balaban J connectivity index is 1.64. The summed E-state index contributed by atoms with van der Waals surface area (Å²) in [5, 5.41) is 0. The van der Waals surface area contributed by atoms with Gasteiger partial charge in [-0.25, -0.2) is 14.4 Å². The first-order valence-corrected chi connectivity index (χ1v) is 7.91. The van der Waals surface area contributed by atoms with Crippen LogP contribution in [0.15, 0.2) is 23.8 Å². The molecule has 0 radical (unpaired) electrons. The van der Waals surface area contributed by atoms with Gasteiger partial charge < -0.3 is 18.9 Å². The highest BCUT2D eigenvalue weighted by molar-refractivity contribution is 5.91. The zero-order valence-electron chi connectivity index (χ0n) is 13.9. The largest absolute Gasteiger partial charge is 0.466 e. The van der Waals surface area contributed by atoms with E-state index in [0.717, 1.165) is 31.4 Å². The second-order valence-corrected chi connectivity index (χ2v) is 5.86. The van der Waals surface area contributed by atoms with Gasteiger partial charge >= 0.3 is 17.9 Å². The van der Waals surface area contributed by atoms with Gasteiger partial charge in [-0.1, -0.05) is 0 Å². The van der Waals surface area contributed by atoms with Crippen LogP contribution in [0, 0.1) is 5.92 Å². The predicted octanol–water partition coefficient (Wildman–Crippen LogP) is 1.32. The predicted molar refractivity (Wildman–Crippen MR) is 82.8 cm³/mol. The Morgan fingerprint density at radius 2 is 1.83 bits per heavy atom. The molecule has 24 heavy (non-hydrogen) atoms. The molecule has 0 aromatic rings. The van der Waals surface area contributed by atoms with Gasteiger partial charge in [-0.05, 0) is 38.2 Å². The minimum atomic E-state index is -0.695. The summed E-state index contributed by atoms with van der Waals surface area (Å²) >= 11 is 0. The number of esters is 3. The van der Waals surface area contributed by atoms with Gasteiger partial charge in [0.25, 0.3) is 0 Å². The first-order chi connectivity index (χ1) is 11.5. The van der Waals surface area contributed by atoms with Crippen LogP contribution in [0.3, 0.4) is 0 Å². The molecule has 0 spiro atoms. The Morgan fingerprint density at radius 3 is 2.54 bits per heavy atom. The van der Waals surface area contributed by atoms with Gasteiger partial charge in [0.1, 0.15) is 6.61 Å². The lowest BCUT2D eigenvalue weighted by molar-refractivity contribution is -0.141. The van der Waals surface area contributed by atoms with Crippen LogP contribution in [0.2, 0.25) is 0 Å². The second-order valence-electron chi connectivity index (χ2n) is 5.86. The summed E-state index contributed by atoms with van der Waals surface area (Å²) in [6.45, 7) is 1.91. The van der Waals surface area contributed by atoms with Crippen LogP contribution in [-0.2, 0) is 33.3 Å². The van der Waals surface area contributed by atoms with E-state index in [-0.39, 0.29) is 6.61 Å². The highest BCUT2D eigenvalue weighted by Crippen LogP contribution is 2.39.